The summed E-state index contributed by atoms with van der Waals surface area (Å²) < 4.78 is 0. The Bertz CT molecular complexity index is 95.9. The van der Waals surface area contributed by atoms with Gasteiger partial charge in [0.2, 0.25) is 0 Å². The number of rotatable bonds is 4. The molecule has 1 nitrogen and oxygen atoms in total. The maximum Gasteiger partial charge on any atom is 0.114 e. The van der Waals surface area contributed by atoms with E-state index in [2.05, 4.69) is 12.8 Å². The van der Waals surface area contributed by atoms with Crippen LogP contribution >= 0.6 is 0 Å². The molecule has 10 heavy (non-hydrogen) atoms. The van der Waals surface area contributed by atoms with Gasteiger partial charge in [-0.25, -0.2) is 0 Å². The van der Waals surface area contributed by atoms with Gasteiger partial charge in [-0.3, -0.25) is 0 Å². The molecule has 0 aromatic rings. The molecule has 0 aliphatic rings. The molecule has 0 heterocycles. The molecule has 0 saturated carbocycles. The molecule has 0 spiro atoms. The maximum absolute atomic E-state index is 8.85. The topological polar surface area (TPSA) is 20.2 Å². The van der Waals surface area contributed by atoms with Crippen LogP contribution in [0.25, 0.3) is 0 Å². The summed E-state index contributed by atoms with van der Waals surface area (Å²) in [5, 5.41) is 8.85. The quantitative estimate of drug-likeness (QED) is 0.473. The molecule has 1 atom stereocenters. The van der Waals surface area contributed by atoms with Crippen molar-refractivity contribution in [2.24, 2.45) is 0 Å². The van der Waals surface area contributed by atoms with Gasteiger partial charge < -0.3 is 5.11 Å². The summed E-state index contributed by atoms with van der Waals surface area (Å²) in [6.07, 6.45) is 8.58. The van der Waals surface area contributed by atoms with Gasteiger partial charge in [0.1, 0.15) is 6.10 Å². The van der Waals surface area contributed by atoms with E-state index < -0.39 is 6.10 Å². The van der Waals surface area contributed by atoms with Crippen molar-refractivity contribution in [1.82, 2.24) is 0 Å². The Hall–Kier alpha value is 0.260. The minimum atomic E-state index is -0.517. The molecule has 0 rings (SSSR count). The molecular formula is C8H14AuO. The molecule has 0 aliphatic heterocycles. The predicted octanol–water partition coefficient (Wildman–Crippen LogP) is 1.56. The summed E-state index contributed by atoms with van der Waals surface area (Å²) in [5.41, 5.74) is 0. The van der Waals surface area contributed by atoms with Crippen molar-refractivity contribution in [2.75, 3.05) is 0 Å². The molecule has 0 fully saturated rings. The third-order valence-corrected chi connectivity index (χ3v) is 1.27. The van der Waals surface area contributed by atoms with Crippen LogP contribution in [0.2, 0.25) is 0 Å². The molecule has 0 saturated heterocycles. The molecule has 0 bridgehead atoms. The molecule has 0 aromatic carbocycles. The summed E-state index contributed by atoms with van der Waals surface area (Å²) in [7, 11) is 0. The molecule has 1 unspecified atom stereocenters. The van der Waals surface area contributed by atoms with Crippen LogP contribution in [0.15, 0.2) is 0 Å². The van der Waals surface area contributed by atoms with E-state index in [0.717, 1.165) is 12.8 Å². The Morgan fingerprint density at radius 1 is 1.50 bits per heavy atom. The summed E-state index contributed by atoms with van der Waals surface area (Å²) in [5.74, 6) is 2.28. The average Bonchev–Trinajstić information content (AvgIpc) is 1.89. The van der Waals surface area contributed by atoms with E-state index in [1.54, 1.807) is 0 Å². The fourth-order valence-electron chi connectivity index (χ4n) is 0.671. The first-order valence-electron chi connectivity index (χ1n) is 3.45. The van der Waals surface area contributed by atoms with Crippen molar-refractivity contribution in [3.63, 3.8) is 0 Å². The average molecular weight is 323 g/mol. The number of aliphatic hydroxyl groups is 1. The fraction of sp³-hybridized carbons (Fsp3) is 0.750. The smallest absolute Gasteiger partial charge is 0.114 e. The van der Waals surface area contributed by atoms with Crippen LogP contribution in [0, 0.1) is 12.3 Å². The SMILES string of the molecule is C#CC(O)CCCCC.[Au]. The van der Waals surface area contributed by atoms with E-state index in [4.69, 9.17) is 11.5 Å². The van der Waals surface area contributed by atoms with Crippen molar-refractivity contribution < 1.29 is 27.5 Å². The van der Waals surface area contributed by atoms with E-state index >= 15 is 0 Å². The van der Waals surface area contributed by atoms with Crippen molar-refractivity contribution >= 4 is 0 Å². The summed E-state index contributed by atoms with van der Waals surface area (Å²) in [4.78, 5) is 0. The molecule has 1 N–H and O–H groups in total. The van der Waals surface area contributed by atoms with Gasteiger partial charge in [0, 0.05) is 22.4 Å². The number of unbranched alkanes of at least 4 members (excludes halogenated alkanes) is 2. The van der Waals surface area contributed by atoms with Gasteiger partial charge >= 0.3 is 0 Å². The van der Waals surface area contributed by atoms with Crippen molar-refractivity contribution in [1.29, 1.82) is 0 Å². The molecule has 63 valence electrons. The van der Waals surface area contributed by atoms with Gasteiger partial charge in [-0.05, 0) is 12.8 Å². The first-order valence-corrected chi connectivity index (χ1v) is 3.45. The Morgan fingerprint density at radius 3 is 2.50 bits per heavy atom. The van der Waals surface area contributed by atoms with Gasteiger partial charge in [-0.2, -0.15) is 0 Å². The van der Waals surface area contributed by atoms with Gasteiger partial charge in [-0.15, -0.1) is 6.42 Å². The Labute approximate surface area is 78.7 Å². The molecule has 2 heteroatoms. The second-order valence-electron chi connectivity index (χ2n) is 2.18. The number of hydrogen-bond donors (Lipinski definition) is 1. The first kappa shape index (κ1) is 12.9. The number of hydrogen-bond acceptors (Lipinski definition) is 1. The van der Waals surface area contributed by atoms with Crippen LogP contribution in [0.4, 0.5) is 0 Å². The molecular weight excluding hydrogens is 309 g/mol. The van der Waals surface area contributed by atoms with Gasteiger partial charge in [-0.1, -0.05) is 25.7 Å². The van der Waals surface area contributed by atoms with Crippen LogP contribution in [-0.4, -0.2) is 11.2 Å². The van der Waals surface area contributed by atoms with E-state index in [1.807, 2.05) is 0 Å². The zero-order chi connectivity index (χ0) is 7.11. The fourth-order valence-corrected chi connectivity index (χ4v) is 0.671. The predicted molar refractivity (Wildman–Crippen MR) is 39.0 cm³/mol. The zero-order valence-corrected chi connectivity index (χ0v) is 8.40. The second-order valence-corrected chi connectivity index (χ2v) is 2.18. The second kappa shape index (κ2) is 9.26. The van der Waals surface area contributed by atoms with Crippen molar-refractivity contribution in [2.45, 2.75) is 38.7 Å². The van der Waals surface area contributed by atoms with Crippen LogP contribution in [0.1, 0.15) is 32.6 Å². The molecule has 1 radical (unpaired) electrons. The van der Waals surface area contributed by atoms with Crippen molar-refractivity contribution in [3.8, 4) is 12.3 Å². The van der Waals surface area contributed by atoms with E-state index in [-0.39, 0.29) is 22.4 Å². The number of aliphatic hydroxyl groups excluding tert-OH is 1. The summed E-state index contributed by atoms with van der Waals surface area (Å²) >= 11 is 0. The largest absolute Gasteiger partial charge is 0.380 e. The summed E-state index contributed by atoms with van der Waals surface area (Å²) in [6, 6.07) is 0. The first-order chi connectivity index (χ1) is 4.31. The Kier molecular flexibility index (Phi) is 11.9. The normalized spacial score (nSPS) is 11.3. The molecule has 0 amide bonds. The third-order valence-electron chi connectivity index (χ3n) is 1.27. The van der Waals surface area contributed by atoms with Gasteiger partial charge in [0.25, 0.3) is 0 Å². The van der Waals surface area contributed by atoms with E-state index in [1.165, 1.54) is 12.8 Å². The van der Waals surface area contributed by atoms with Crippen LogP contribution in [-0.2, 0) is 22.4 Å². The monoisotopic (exact) mass is 323 g/mol. The van der Waals surface area contributed by atoms with Gasteiger partial charge in [0.05, 0.1) is 0 Å². The minimum absolute atomic E-state index is 0. The third kappa shape index (κ3) is 8.26. The van der Waals surface area contributed by atoms with E-state index in [9.17, 15) is 0 Å². The number of terminal acetylenes is 1. The van der Waals surface area contributed by atoms with Crippen LogP contribution < -0.4 is 0 Å². The zero-order valence-electron chi connectivity index (χ0n) is 6.23. The minimum Gasteiger partial charge on any atom is -0.380 e. The Balaban J connectivity index is 0. The Morgan fingerprint density at radius 2 is 2.10 bits per heavy atom. The van der Waals surface area contributed by atoms with Crippen molar-refractivity contribution in [3.05, 3.63) is 0 Å². The molecule has 0 aliphatic carbocycles. The molecule has 0 aromatic heterocycles. The van der Waals surface area contributed by atoms with Gasteiger partial charge in [0.15, 0.2) is 0 Å². The maximum atomic E-state index is 8.85. The summed E-state index contributed by atoms with van der Waals surface area (Å²) in [6.45, 7) is 2.13. The van der Waals surface area contributed by atoms with Crippen LogP contribution in [0.5, 0.6) is 0 Å². The van der Waals surface area contributed by atoms with E-state index in [0.29, 0.717) is 0 Å². The van der Waals surface area contributed by atoms with Crippen LogP contribution in [0.3, 0.4) is 0 Å². The standard InChI is InChI=1S/C8H14O.Au/c1-3-5-6-7-8(9)4-2;/h2,8-9H,3,5-7H2,1H3;.